The summed E-state index contributed by atoms with van der Waals surface area (Å²) in [6.07, 6.45) is 5.45. The fourth-order valence-corrected chi connectivity index (χ4v) is 2.50. The summed E-state index contributed by atoms with van der Waals surface area (Å²) in [5, 5.41) is -0.00645. The van der Waals surface area contributed by atoms with E-state index >= 15 is 0 Å². The Hall–Kier alpha value is -1.51. The van der Waals surface area contributed by atoms with E-state index in [-0.39, 0.29) is 10.2 Å². The fraction of sp³-hybridized carbons (Fsp3) is 0.222. The average molecular weight is 288 g/mol. The maximum Gasteiger partial charge on any atom is 0.244 e. The first kappa shape index (κ1) is 12.9. The second-order valence-electron chi connectivity index (χ2n) is 3.51. The highest BCUT2D eigenvalue weighted by molar-refractivity contribution is 7.89. The molecule has 0 radical (unpaired) electrons. The molecule has 2 heterocycles. The SMILES string of the molecule is CC(NS(=O)(=O)c1cnc(Cl)nc1)c1ncc[nH]1. The van der Waals surface area contributed by atoms with E-state index in [0.717, 1.165) is 12.4 Å². The Balaban J connectivity index is 2.20. The van der Waals surface area contributed by atoms with E-state index in [0.29, 0.717) is 5.82 Å². The van der Waals surface area contributed by atoms with Gasteiger partial charge in [-0.25, -0.2) is 28.1 Å². The van der Waals surface area contributed by atoms with E-state index in [2.05, 4.69) is 24.7 Å². The van der Waals surface area contributed by atoms with Crippen LogP contribution in [-0.2, 0) is 10.0 Å². The predicted octanol–water partition coefficient (Wildman–Crippen LogP) is 0.893. The van der Waals surface area contributed by atoms with Gasteiger partial charge in [0.15, 0.2) is 0 Å². The minimum atomic E-state index is -3.70. The first-order chi connectivity index (χ1) is 8.49. The summed E-state index contributed by atoms with van der Waals surface area (Å²) in [5.41, 5.74) is 0. The highest BCUT2D eigenvalue weighted by atomic mass is 35.5. The molecule has 2 aromatic heterocycles. The van der Waals surface area contributed by atoms with Gasteiger partial charge in [0.25, 0.3) is 0 Å². The first-order valence-corrected chi connectivity index (χ1v) is 6.84. The van der Waals surface area contributed by atoms with Crippen molar-refractivity contribution in [1.82, 2.24) is 24.7 Å². The Morgan fingerprint density at radius 1 is 1.33 bits per heavy atom. The molecule has 2 rings (SSSR count). The van der Waals surface area contributed by atoms with E-state index in [1.807, 2.05) is 0 Å². The van der Waals surface area contributed by atoms with Crippen LogP contribution < -0.4 is 4.72 Å². The number of rotatable bonds is 4. The Morgan fingerprint density at radius 3 is 2.56 bits per heavy atom. The van der Waals surface area contributed by atoms with Crippen molar-refractivity contribution in [3.05, 3.63) is 35.9 Å². The van der Waals surface area contributed by atoms with Crippen LogP contribution in [0.5, 0.6) is 0 Å². The lowest BCUT2D eigenvalue weighted by Crippen LogP contribution is -2.27. The number of H-pyrrole nitrogens is 1. The van der Waals surface area contributed by atoms with Crippen molar-refractivity contribution in [2.75, 3.05) is 0 Å². The minimum absolute atomic E-state index is 0.00645. The molecule has 0 spiro atoms. The summed E-state index contributed by atoms with van der Waals surface area (Å²) in [7, 11) is -3.70. The van der Waals surface area contributed by atoms with Crippen LogP contribution in [0.25, 0.3) is 0 Å². The third-order valence-electron chi connectivity index (χ3n) is 2.17. The van der Waals surface area contributed by atoms with Crippen molar-refractivity contribution >= 4 is 21.6 Å². The molecule has 96 valence electrons. The van der Waals surface area contributed by atoms with Gasteiger partial charge in [-0.3, -0.25) is 0 Å². The van der Waals surface area contributed by atoms with Crippen molar-refractivity contribution < 1.29 is 8.42 Å². The van der Waals surface area contributed by atoms with E-state index in [1.54, 1.807) is 19.3 Å². The maximum absolute atomic E-state index is 12.0. The number of sulfonamides is 1. The molecule has 0 saturated carbocycles. The number of aromatic amines is 1. The third kappa shape index (κ3) is 2.84. The molecule has 0 fully saturated rings. The molecule has 1 unspecified atom stereocenters. The molecule has 7 nitrogen and oxygen atoms in total. The van der Waals surface area contributed by atoms with Crippen LogP contribution in [0.4, 0.5) is 0 Å². The van der Waals surface area contributed by atoms with Crippen molar-refractivity contribution in [2.24, 2.45) is 0 Å². The smallest absolute Gasteiger partial charge is 0.244 e. The van der Waals surface area contributed by atoms with Crippen LogP contribution in [0.1, 0.15) is 18.8 Å². The molecule has 0 bridgehead atoms. The second-order valence-corrected chi connectivity index (χ2v) is 5.56. The standard InChI is InChI=1S/C9H10ClN5O2S/c1-6(8-11-2-3-12-8)15-18(16,17)7-4-13-9(10)14-5-7/h2-6,15H,1H3,(H,11,12). The summed E-state index contributed by atoms with van der Waals surface area (Å²) >= 11 is 5.50. The highest BCUT2D eigenvalue weighted by Gasteiger charge is 2.20. The van der Waals surface area contributed by atoms with E-state index in [4.69, 9.17) is 11.6 Å². The van der Waals surface area contributed by atoms with Crippen molar-refractivity contribution in [2.45, 2.75) is 17.9 Å². The molecular formula is C9H10ClN5O2S. The lowest BCUT2D eigenvalue weighted by Gasteiger charge is -2.11. The number of nitrogens with one attached hydrogen (secondary N) is 2. The molecular weight excluding hydrogens is 278 g/mol. The Labute approximate surface area is 109 Å². The third-order valence-corrected chi connectivity index (χ3v) is 3.86. The van der Waals surface area contributed by atoms with Gasteiger partial charge in [0.2, 0.25) is 15.3 Å². The van der Waals surface area contributed by atoms with Gasteiger partial charge in [-0.15, -0.1) is 0 Å². The van der Waals surface area contributed by atoms with Gasteiger partial charge < -0.3 is 4.98 Å². The molecule has 0 aliphatic rings. The Morgan fingerprint density at radius 2 is 2.00 bits per heavy atom. The second kappa shape index (κ2) is 5.01. The lowest BCUT2D eigenvalue weighted by molar-refractivity contribution is 0.560. The van der Waals surface area contributed by atoms with E-state index < -0.39 is 16.1 Å². The van der Waals surface area contributed by atoms with Gasteiger partial charge in [-0.1, -0.05) is 0 Å². The van der Waals surface area contributed by atoms with Crippen LogP contribution in [0.3, 0.4) is 0 Å². The van der Waals surface area contributed by atoms with Crippen molar-refractivity contribution in [3.63, 3.8) is 0 Å². The fourth-order valence-electron chi connectivity index (χ4n) is 1.31. The molecule has 9 heteroatoms. The Kier molecular flexibility index (Phi) is 3.60. The van der Waals surface area contributed by atoms with Crippen molar-refractivity contribution in [1.29, 1.82) is 0 Å². The lowest BCUT2D eigenvalue weighted by atomic mass is 10.3. The summed E-state index contributed by atoms with van der Waals surface area (Å²) in [6, 6.07) is -0.485. The van der Waals surface area contributed by atoms with Gasteiger partial charge in [-0.05, 0) is 18.5 Å². The van der Waals surface area contributed by atoms with Gasteiger partial charge >= 0.3 is 0 Å². The van der Waals surface area contributed by atoms with Crippen molar-refractivity contribution in [3.8, 4) is 0 Å². The number of aromatic nitrogens is 4. The highest BCUT2D eigenvalue weighted by Crippen LogP contribution is 2.13. The molecule has 0 aliphatic carbocycles. The topological polar surface area (TPSA) is 101 Å². The zero-order valence-electron chi connectivity index (χ0n) is 9.33. The molecule has 2 N–H and O–H groups in total. The number of halogens is 1. The van der Waals surface area contributed by atoms with Crippen LogP contribution in [0, 0.1) is 0 Å². The summed E-state index contributed by atoms with van der Waals surface area (Å²) in [4.78, 5) is 14.0. The summed E-state index contributed by atoms with van der Waals surface area (Å²) < 4.78 is 26.4. The van der Waals surface area contributed by atoms with Gasteiger partial charge in [-0.2, -0.15) is 0 Å². The minimum Gasteiger partial charge on any atom is -0.347 e. The predicted molar refractivity (Wildman–Crippen MR) is 64.4 cm³/mol. The maximum atomic E-state index is 12.0. The molecule has 1 atom stereocenters. The quantitative estimate of drug-likeness (QED) is 0.814. The van der Waals surface area contributed by atoms with E-state index in [1.165, 1.54) is 0 Å². The normalized spacial score (nSPS) is 13.4. The number of hydrogen-bond donors (Lipinski definition) is 2. The van der Waals surface area contributed by atoms with Crippen LogP contribution >= 0.6 is 11.6 Å². The van der Waals surface area contributed by atoms with E-state index in [9.17, 15) is 8.42 Å². The molecule has 0 aromatic carbocycles. The van der Waals surface area contributed by atoms with Gasteiger partial charge in [0.05, 0.1) is 18.4 Å². The Bertz CT molecular complexity index is 611. The van der Waals surface area contributed by atoms with Crippen LogP contribution in [0.2, 0.25) is 5.28 Å². The number of imidazole rings is 1. The molecule has 18 heavy (non-hydrogen) atoms. The summed E-state index contributed by atoms with van der Waals surface area (Å²) in [5.74, 6) is 0.522. The first-order valence-electron chi connectivity index (χ1n) is 4.98. The molecule has 2 aromatic rings. The number of hydrogen-bond acceptors (Lipinski definition) is 5. The van der Waals surface area contributed by atoms with Crippen LogP contribution in [0.15, 0.2) is 29.7 Å². The number of nitrogens with zero attached hydrogens (tertiary/aromatic N) is 3. The molecule has 0 aliphatic heterocycles. The largest absolute Gasteiger partial charge is 0.347 e. The molecule has 0 amide bonds. The van der Waals surface area contributed by atoms with Gasteiger partial charge in [0, 0.05) is 12.4 Å². The van der Waals surface area contributed by atoms with Crippen LogP contribution in [-0.4, -0.2) is 28.4 Å². The summed E-state index contributed by atoms with van der Waals surface area (Å²) in [6.45, 7) is 1.67. The monoisotopic (exact) mass is 287 g/mol. The average Bonchev–Trinajstić information content (AvgIpc) is 2.82. The van der Waals surface area contributed by atoms with Gasteiger partial charge in [0.1, 0.15) is 10.7 Å². The zero-order valence-corrected chi connectivity index (χ0v) is 10.9. The molecule has 0 saturated heterocycles. The zero-order chi connectivity index (χ0) is 13.2.